The van der Waals surface area contributed by atoms with Crippen LogP contribution >= 0.6 is 11.6 Å². The van der Waals surface area contributed by atoms with Crippen LogP contribution in [0.25, 0.3) is 0 Å². The lowest BCUT2D eigenvalue weighted by atomic mass is 10.2. The lowest BCUT2D eigenvalue weighted by Crippen LogP contribution is -2.13. The molecule has 2 aromatic carbocycles. The molecule has 0 bridgehead atoms. The molecule has 0 aliphatic carbocycles. The van der Waals surface area contributed by atoms with Gasteiger partial charge in [0.05, 0.1) is 15.6 Å². The number of amides is 1. The van der Waals surface area contributed by atoms with E-state index in [1.165, 1.54) is 30.3 Å². The van der Waals surface area contributed by atoms with Crippen LogP contribution in [0.1, 0.15) is 10.4 Å². The number of nitrogens with two attached hydrogens (primary N) is 1. The number of rotatable bonds is 3. The van der Waals surface area contributed by atoms with Gasteiger partial charge in [-0.05, 0) is 36.4 Å². The SMILES string of the molecule is CS(=O)(=O)c1cccc(C(=O)Nc2ccc(N)cc2Cl)c1. The van der Waals surface area contributed by atoms with Crippen molar-refractivity contribution in [3.8, 4) is 0 Å². The van der Waals surface area contributed by atoms with Crippen LogP contribution in [-0.2, 0) is 9.84 Å². The number of halogens is 1. The molecule has 0 radical (unpaired) electrons. The van der Waals surface area contributed by atoms with Crippen molar-refractivity contribution in [2.24, 2.45) is 0 Å². The third-order valence-electron chi connectivity index (χ3n) is 2.77. The van der Waals surface area contributed by atoms with Crippen LogP contribution in [-0.4, -0.2) is 20.6 Å². The molecule has 0 spiro atoms. The summed E-state index contributed by atoms with van der Waals surface area (Å²) in [6, 6.07) is 10.5. The molecule has 0 heterocycles. The van der Waals surface area contributed by atoms with Gasteiger partial charge in [0, 0.05) is 17.5 Å². The van der Waals surface area contributed by atoms with Crippen LogP contribution in [0.2, 0.25) is 5.02 Å². The van der Waals surface area contributed by atoms with E-state index in [9.17, 15) is 13.2 Å². The zero-order chi connectivity index (χ0) is 15.6. The molecule has 2 rings (SSSR count). The van der Waals surface area contributed by atoms with E-state index in [4.69, 9.17) is 17.3 Å². The molecule has 0 aliphatic heterocycles. The van der Waals surface area contributed by atoms with Crippen LogP contribution in [0.4, 0.5) is 11.4 Å². The number of benzene rings is 2. The molecule has 0 fully saturated rings. The summed E-state index contributed by atoms with van der Waals surface area (Å²) in [7, 11) is -3.37. The van der Waals surface area contributed by atoms with Gasteiger partial charge in [0.15, 0.2) is 9.84 Å². The molecule has 0 saturated heterocycles. The lowest BCUT2D eigenvalue weighted by molar-refractivity contribution is 0.102. The Kier molecular flexibility index (Phi) is 4.20. The van der Waals surface area contributed by atoms with Crippen LogP contribution < -0.4 is 11.1 Å². The fraction of sp³-hybridized carbons (Fsp3) is 0.0714. The van der Waals surface area contributed by atoms with Gasteiger partial charge in [-0.25, -0.2) is 8.42 Å². The number of hydrogen-bond acceptors (Lipinski definition) is 4. The molecule has 3 N–H and O–H groups in total. The number of hydrogen-bond donors (Lipinski definition) is 2. The third-order valence-corrected chi connectivity index (χ3v) is 4.19. The van der Waals surface area contributed by atoms with Crippen molar-refractivity contribution in [2.45, 2.75) is 4.90 Å². The van der Waals surface area contributed by atoms with Crippen molar-refractivity contribution in [1.29, 1.82) is 0 Å². The molecule has 21 heavy (non-hydrogen) atoms. The second-order valence-electron chi connectivity index (χ2n) is 4.49. The first-order chi connectivity index (χ1) is 9.77. The summed E-state index contributed by atoms with van der Waals surface area (Å²) in [5, 5.41) is 2.92. The largest absolute Gasteiger partial charge is 0.399 e. The molecule has 0 aromatic heterocycles. The summed E-state index contributed by atoms with van der Waals surface area (Å²) in [4.78, 5) is 12.2. The maximum atomic E-state index is 12.1. The van der Waals surface area contributed by atoms with Gasteiger partial charge in [-0.15, -0.1) is 0 Å². The smallest absolute Gasteiger partial charge is 0.255 e. The highest BCUT2D eigenvalue weighted by Crippen LogP contribution is 2.24. The summed E-state index contributed by atoms with van der Waals surface area (Å²) in [5.41, 5.74) is 6.69. The molecule has 5 nitrogen and oxygen atoms in total. The van der Waals surface area contributed by atoms with Gasteiger partial charge in [0.1, 0.15) is 0 Å². The van der Waals surface area contributed by atoms with Crippen molar-refractivity contribution in [3.05, 3.63) is 53.1 Å². The fourth-order valence-corrected chi connectivity index (χ4v) is 2.60. The van der Waals surface area contributed by atoms with Gasteiger partial charge in [-0.3, -0.25) is 4.79 Å². The van der Waals surface area contributed by atoms with Crippen molar-refractivity contribution < 1.29 is 13.2 Å². The summed E-state index contributed by atoms with van der Waals surface area (Å²) in [6.45, 7) is 0. The van der Waals surface area contributed by atoms with Gasteiger partial charge in [-0.2, -0.15) is 0 Å². The standard InChI is InChI=1S/C14H13ClN2O3S/c1-21(19,20)11-4-2-3-9(7-11)14(18)17-13-6-5-10(16)8-12(13)15/h2-8H,16H2,1H3,(H,17,18). The van der Waals surface area contributed by atoms with E-state index in [1.54, 1.807) is 12.1 Å². The minimum Gasteiger partial charge on any atom is -0.399 e. The number of anilines is 2. The highest BCUT2D eigenvalue weighted by atomic mass is 35.5. The van der Waals surface area contributed by atoms with E-state index in [0.29, 0.717) is 16.4 Å². The topological polar surface area (TPSA) is 89.3 Å². The highest BCUT2D eigenvalue weighted by Gasteiger charge is 2.12. The Bertz CT molecular complexity index is 804. The molecule has 0 unspecified atom stereocenters. The van der Waals surface area contributed by atoms with Gasteiger partial charge < -0.3 is 11.1 Å². The summed E-state index contributed by atoms with van der Waals surface area (Å²) < 4.78 is 23.0. The Balaban J connectivity index is 2.29. The molecule has 110 valence electrons. The van der Waals surface area contributed by atoms with Crippen LogP contribution in [0, 0.1) is 0 Å². The Morgan fingerprint density at radius 1 is 1.19 bits per heavy atom. The van der Waals surface area contributed by atoms with Crippen molar-refractivity contribution in [3.63, 3.8) is 0 Å². The van der Waals surface area contributed by atoms with Crippen LogP contribution in [0.3, 0.4) is 0 Å². The lowest BCUT2D eigenvalue weighted by Gasteiger charge is -2.08. The Morgan fingerprint density at radius 2 is 1.90 bits per heavy atom. The molecular weight excluding hydrogens is 312 g/mol. The van der Waals surface area contributed by atoms with E-state index in [-0.39, 0.29) is 10.5 Å². The first kappa shape index (κ1) is 15.3. The number of sulfone groups is 1. The Hall–Kier alpha value is -2.05. The average molecular weight is 325 g/mol. The van der Waals surface area contributed by atoms with Crippen LogP contribution in [0.5, 0.6) is 0 Å². The number of carbonyl (C=O) groups excluding carboxylic acids is 1. The fourth-order valence-electron chi connectivity index (χ4n) is 1.70. The summed E-state index contributed by atoms with van der Waals surface area (Å²) in [6.07, 6.45) is 1.08. The monoisotopic (exact) mass is 324 g/mol. The maximum Gasteiger partial charge on any atom is 0.255 e. The van der Waals surface area contributed by atoms with Gasteiger partial charge in [0.25, 0.3) is 5.91 Å². The van der Waals surface area contributed by atoms with E-state index < -0.39 is 15.7 Å². The molecule has 7 heteroatoms. The quantitative estimate of drug-likeness (QED) is 0.849. The second-order valence-corrected chi connectivity index (χ2v) is 6.92. The number of carbonyl (C=O) groups is 1. The predicted octanol–water partition coefficient (Wildman–Crippen LogP) is 2.58. The van der Waals surface area contributed by atoms with Gasteiger partial charge in [-0.1, -0.05) is 17.7 Å². The highest BCUT2D eigenvalue weighted by molar-refractivity contribution is 7.90. The average Bonchev–Trinajstić information content (AvgIpc) is 2.41. The normalized spacial score (nSPS) is 11.1. The Morgan fingerprint density at radius 3 is 2.52 bits per heavy atom. The van der Waals surface area contributed by atoms with E-state index in [2.05, 4.69) is 5.32 Å². The second kappa shape index (κ2) is 5.75. The minimum atomic E-state index is -3.37. The van der Waals surface area contributed by atoms with Crippen molar-refractivity contribution in [1.82, 2.24) is 0 Å². The van der Waals surface area contributed by atoms with Crippen LogP contribution in [0.15, 0.2) is 47.4 Å². The zero-order valence-electron chi connectivity index (χ0n) is 11.1. The first-order valence-electron chi connectivity index (χ1n) is 5.94. The molecule has 0 atom stereocenters. The number of nitrogens with one attached hydrogen (secondary N) is 1. The van der Waals surface area contributed by atoms with Crippen molar-refractivity contribution >= 4 is 38.7 Å². The number of nitrogen functional groups attached to an aromatic ring is 1. The molecule has 1 amide bonds. The molecule has 2 aromatic rings. The van der Waals surface area contributed by atoms with E-state index in [0.717, 1.165) is 6.26 Å². The molecule has 0 saturated carbocycles. The van der Waals surface area contributed by atoms with Crippen molar-refractivity contribution in [2.75, 3.05) is 17.3 Å². The Labute approximate surface area is 127 Å². The first-order valence-corrected chi connectivity index (χ1v) is 8.21. The summed E-state index contributed by atoms with van der Waals surface area (Å²) in [5.74, 6) is -0.452. The molecular formula is C14H13ClN2O3S. The maximum absolute atomic E-state index is 12.1. The third kappa shape index (κ3) is 3.74. The summed E-state index contributed by atoms with van der Waals surface area (Å²) >= 11 is 5.97. The van der Waals surface area contributed by atoms with E-state index >= 15 is 0 Å². The van der Waals surface area contributed by atoms with E-state index in [1.807, 2.05) is 0 Å². The predicted molar refractivity (Wildman–Crippen MR) is 83.4 cm³/mol. The molecule has 0 aliphatic rings. The van der Waals surface area contributed by atoms with Gasteiger partial charge in [0.2, 0.25) is 0 Å². The zero-order valence-corrected chi connectivity index (χ0v) is 12.7. The van der Waals surface area contributed by atoms with Gasteiger partial charge >= 0.3 is 0 Å². The minimum absolute atomic E-state index is 0.0820.